The van der Waals surface area contributed by atoms with Crippen LogP contribution in [0.25, 0.3) is 0 Å². The number of nitrogens with zero attached hydrogens (tertiary/aromatic N) is 1. The first-order valence-electron chi connectivity index (χ1n) is 4.75. The topological polar surface area (TPSA) is 74.4 Å². The lowest BCUT2D eigenvalue weighted by Crippen LogP contribution is -2.19. The van der Waals surface area contributed by atoms with Gasteiger partial charge in [0.15, 0.2) is 0 Å². The summed E-state index contributed by atoms with van der Waals surface area (Å²) in [5, 5.41) is 0. The monoisotopic (exact) mass is 208 g/mol. The Morgan fingerprint density at radius 3 is 3.20 bits per heavy atom. The number of hydrogen-bond donors (Lipinski definition) is 1. The molecule has 80 valence electrons. The molecule has 1 aromatic rings. The fraction of sp³-hybridized carbons (Fsp3) is 0.400. The minimum Gasteiger partial charge on any atom is -0.456 e. The van der Waals surface area contributed by atoms with Crippen LogP contribution in [0.15, 0.2) is 18.5 Å². The molecule has 0 saturated carbocycles. The number of nitrogens with two attached hydrogens (primary N) is 1. The predicted octanol–water partition coefficient (Wildman–Crippen LogP) is 0.610. The van der Waals surface area contributed by atoms with Gasteiger partial charge in [0.05, 0.1) is 30.7 Å². The number of pyridine rings is 1. The van der Waals surface area contributed by atoms with Crippen LogP contribution < -0.4 is 5.73 Å². The Labute approximate surface area is 87.2 Å². The van der Waals surface area contributed by atoms with Crippen molar-refractivity contribution in [3.8, 4) is 0 Å². The molecule has 2 heterocycles. The molecular formula is C10H12N2O3. The first-order chi connectivity index (χ1) is 7.27. The maximum Gasteiger partial charge on any atom is 0.340 e. The zero-order chi connectivity index (χ0) is 10.7. The number of anilines is 1. The van der Waals surface area contributed by atoms with Crippen LogP contribution >= 0.6 is 0 Å². The number of rotatable bonds is 2. The standard InChI is InChI=1S/C10H12N2O3/c11-9-5-12-3-1-8(9)10(13)15-7-2-4-14-6-7/h1,3,5,7H,2,4,6,11H2. The summed E-state index contributed by atoms with van der Waals surface area (Å²) >= 11 is 0. The van der Waals surface area contributed by atoms with Crippen molar-refractivity contribution >= 4 is 11.7 Å². The third kappa shape index (κ3) is 2.24. The van der Waals surface area contributed by atoms with E-state index in [1.165, 1.54) is 12.4 Å². The van der Waals surface area contributed by atoms with Crippen molar-refractivity contribution in [1.29, 1.82) is 0 Å². The average Bonchev–Trinajstić information content (AvgIpc) is 2.71. The van der Waals surface area contributed by atoms with Crippen molar-refractivity contribution in [3.05, 3.63) is 24.0 Å². The van der Waals surface area contributed by atoms with Gasteiger partial charge in [-0.15, -0.1) is 0 Å². The van der Waals surface area contributed by atoms with Crippen molar-refractivity contribution in [1.82, 2.24) is 4.98 Å². The predicted molar refractivity (Wildman–Crippen MR) is 53.3 cm³/mol. The molecule has 2 rings (SSSR count). The highest BCUT2D eigenvalue weighted by molar-refractivity contribution is 5.94. The van der Waals surface area contributed by atoms with Gasteiger partial charge in [-0.25, -0.2) is 4.79 Å². The van der Waals surface area contributed by atoms with Gasteiger partial charge in [-0.2, -0.15) is 0 Å². The third-order valence-electron chi connectivity index (χ3n) is 2.23. The maximum absolute atomic E-state index is 11.6. The zero-order valence-corrected chi connectivity index (χ0v) is 8.18. The second-order valence-electron chi connectivity index (χ2n) is 3.35. The molecule has 1 unspecified atom stereocenters. The Morgan fingerprint density at radius 2 is 2.53 bits per heavy atom. The summed E-state index contributed by atoms with van der Waals surface area (Å²) in [6, 6.07) is 1.55. The molecule has 1 aliphatic rings. The van der Waals surface area contributed by atoms with Gasteiger partial charge in [-0.3, -0.25) is 4.98 Å². The second kappa shape index (κ2) is 4.27. The van der Waals surface area contributed by atoms with Crippen LogP contribution in [0, 0.1) is 0 Å². The van der Waals surface area contributed by atoms with Crippen molar-refractivity contribution in [2.24, 2.45) is 0 Å². The van der Waals surface area contributed by atoms with Crippen LogP contribution in [-0.4, -0.2) is 30.3 Å². The highest BCUT2D eigenvalue weighted by Gasteiger charge is 2.21. The highest BCUT2D eigenvalue weighted by atomic mass is 16.6. The van der Waals surface area contributed by atoms with E-state index in [1.807, 2.05) is 0 Å². The lowest BCUT2D eigenvalue weighted by Gasteiger charge is -2.10. The molecule has 2 N–H and O–H groups in total. The van der Waals surface area contributed by atoms with E-state index in [4.69, 9.17) is 15.2 Å². The van der Waals surface area contributed by atoms with Gasteiger partial charge in [-0.1, -0.05) is 0 Å². The minimum absolute atomic E-state index is 0.148. The van der Waals surface area contributed by atoms with Crippen LogP contribution in [0.3, 0.4) is 0 Å². The molecule has 1 fully saturated rings. The molecule has 0 aliphatic carbocycles. The Balaban J connectivity index is 2.04. The van der Waals surface area contributed by atoms with Crippen LogP contribution in [0.5, 0.6) is 0 Å². The zero-order valence-electron chi connectivity index (χ0n) is 8.18. The molecule has 0 aromatic carbocycles. The average molecular weight is 208 g/mol. The smallest absolute Gasteiger partial charge is 0.340 e. The number of nitrogen functional groups attached to an aromatic ring is 1. The summed E-state index contributed by atoms with van der Waals surface area (Å²) < 4.78 is 10.3. The van der Waals surface area contributed by atoms with Crippen LogP contribution in [0.2, 0.25) is 0 Å². The number of carbonyl (C=O) groups is 1. The molecule has 0 amide bonds. The number of esters is 1. The molecule has 5 nitrogen and oxygen atoms in total. The van der Waals surface area contributed by atoms with Crippen molar-refractivity contribution in [2.75, 3.05) is 18.9 Å². The number of carbonyl (C=O) groups excluding carboxylic acids is 1. The Hall–Kier alpha value is -1.62. The van der Waals surface area contributed by atoms with Gasteiger partial charge in [0.1, 0.15) is 6.10 Å². The Bertz CT molecular complexity index is 361. The van der Waals surface area contributed by atoms with E-state index in [0.717, 1.165) is 6.42 Å². The van der Waals surface area contributed by atoms with Crippen LogP contribution in [0.4, 0.5) is 5.69 Å². The molecule has 0 radical (unpaired) electrons. The van der Waals surface area contributed by atoms with E-state index in [0.29, 0.717) is 24.5 Å². The SMILES string of the molecule is Nc1cnccc1C(=O)OC1CCOC1. The molecule has 1 saturated heterocycles. The van der Waals surface area contributed by atoms with Gasteiger partial charge in [0.25, 0.3) is 0 Å². The first-order valence-corrected chi connectivity index (χ1v) is 4.75. The summed E-state index contributed by atoms with van der Waals surface area (Å²) in [6.45, 7) is 1.11. The van der Waals surface area contributed by atoms with Gasteiger partial charge in [-0.05, 0) is 6.07 Å². The normalized spacial score (nSPS) is 20.1. The van der Waals surface area contributed by atoms with Gasteiger partial charge in [0, 0.05) is 12.6 Å². The van der Waals surface area contributed by atoms with Gasteiger partial charge < -0.3 is 15.2 Å². The third-order valence-corrected chi connectivity index (χ3v) is 2.23. The molecule has 15 heavy (non-hydrogen) atoms. The van der Waals surface area contributed by atoms with Crippen molar-refractivity contribution in [3.63, 3.8) is 0 Å². The number of ether oxygens (including phenoxy) is 2. The number of aromatic nitrogens is 1. The van der Waals surface area contributed by atoms with E-state index < -0.39 is 5.97 Å². The van der Waals surface area contributed by atoms with Crippen LogP contribution in [0.1, 0.15) is 16.8 Å². The molecule has 1 aliphatic heterocycles. The Kier molecular flexibility index (Phi) is 2.82. The number of hydrogen-bond acceptors (Lipinski definition) is 5. The largest absolute Gasteiger partial charge is 0.456 e. The van der Waals surface area contributed by atoms with E-state index in [1.54, 1.807) is 6.07 Å². The molecule has 5 heteroatoms. The lowest BCUT2D eigenvalue weighted by atomic mass is 10.2. The van der Waals surface area contributed by atoms with E-state index >= 15 is 0 Å². The van der Waals surface area contributed by atoms with Gasteiger partial charge >= 0.3 is 5.97 Å². The molecular weight excluding hydrogens is 196 g/mol. The van der Waals surface area contributed by atoms with Gasteiger partial charge in [0.2, 0.25) is 0 Å². The van der Waals surface area contributed by atoms with Crippen molar-refractivity contribution < 1.29 is 14.3 Å². The highest BCUT2D eigenvalue weighted by Crippen LogP contribution is 2.14. The van der Waals surface area contributed by atoms with E-state index in [-0.39, 0.29) is 6.10 Å². The second-order valence-corrected chi connectivity index (χ2v) is 3.35. The van der Waals surface area contributed by atoms with Crippen molar-refractivity contribution in [2.45, 2.75) is 12.5 Å². The Morgan fingerprint density at radius 1 is 1.67 bits per heavy atom. The van der Waals surface area contributed by atoms with E-state index in [2.05, 4.69) is 4.98 Å². The van der Waals surface area contributed by atoms with Crippen LogP contribution in [-0.2, 0) is 9.47 Å². The lowest BCUT2D eigenvalue weighted by molar-refractivity contribution is 0.0272. The maximum atomic E-state index is 11.6. The fourth-order valence-electron chi connectivity index (χ4n) is 1.41. The first kappa shape index (κ1) is 9.92. The summed E-state index contributed by atoms with van der Waals surface area (Å²) in [7, 11) is 0. The quantitative estimate of drug-likeness (QED) is 0.721. The molecule has 0 bridgehead atoms. The molecule has 0 spiro atoms. The minimum atomic E-state index is -0.412. The molecule has 1 aromatic heterocycles. The summed E-state index contributed by atoms with van der Waals surface area (Å²) in [4.78, 5) is 15.4. The summed E-state index contributed by atoms with van der Waals surface area (Å²) in [5.41, 5.74) is 6.29. The molecule has 1 atom stereocenters. The summed E-state index contributed by atoms with van der Waals surface area (Å²) in [5.74, 6) is -0.412. The fourth-order valence-corrected chi connectivity index (χ4v) is 1.41. The summed E-state index contributed by atoms with van der Waals surface area (Å²) in [6.07, 6.45) is 3.54. The van der Waals surface area contributed by atoms with E-state index in [9.17, 15) is 4.79 Å².